The molecule has 14 aromatic rings. The minimum Gasteiger partial charge on any atom is -1.00 e. The fraction of sp³-hybridized carbons (Fsp3) is 0.150. The Morgan fingerprint density at radius 3 is 1.20 bits per heavy atom. The molecule has 0 atom stereocenters. The van der Waals surface area contributed by atoms with Gasteiger partial charge in [0.15, 0.2) is 5.75 Å². The van der Waals surface area contributed by atoms with E-state index in [-0.39, 0.29) is 144 Å². The molecule has 0 radical (unpaired) electrons. The summed E-state index contributed by atoms with van der Waals surface area (Å²) in [6, 6.07) is 50.2. The van der Waals surface area contributed by atoms with E-state index in [0.29, 0.717) is 118 Å². The number of azide groups is 1. The van der Waals surface area contributed by atoms with Gasteiger partial charge in [0.2, 0.25) is 0 Å². The SMILES string of the molecule is C.C.CC(C)O.CCc1cnc(Cl)cc1Cl.CO.COc1cnc(Cl)cc1Cl.C[Si](C)(C)c1cc(-c2cnc(Cl)cc2Cl)no1.Clc1cc(Cl)c(-c2ccon2)cn1.NO.Nc1cc(Cl)c(-c2ccon2)cn1.O/N=C/c1cnc(Cl)cc1Cl.O=C=O.O=CO[O-].[H-].[K+].[K+].[N-]=[N+]=Nc1cc(Cl)c(-c2ccon2)cn1.c1ccc(P(c2ccccc2)c2ccccc2)cc1. The van der Waals surface area contributed by atoms with Crippen molar-refractivity contribution in [2.75, 3.05) is 20.0 Å². The number of rotatable bonds is 13. The maximum Gasteiger partial charge on any atom is 1.00 e. The van der Waals surface area contributed by atoms with Gasteiger partial charge in [-0.05, 0) is 103 Å². The van der Waals surface area contributed by atoms with Gasteiger partial charge in [-0.15, -0.1) is 0 Å². The number of pyridine rings is 7. The van der Waals surface area contributed by atoms with Crippen molar-refractivity contribution in [1.82, 2.24) is 55.5 Å². The number of hydrogen-bond acceptors (Lipinski definition) is 29. The Kier molecular flexibility index (Phi) is 70.1. The number of nitrogen functional groups attached to an aromatic ring is 1. The first kappa shape index (κ1) is 124. The number of nitrogens with two attached hydrogens (primary N) is 2. The molecule has 0 saturated carbocycles. The summed E-state index contributed by atoms with van der Waals surface area (Å²) in [4.78, 5) is 57.2. The Labute approximate surface area is 880 Å². The number of halogens is 12. The molecule has 0 saturated heterocycles. The zero-order chi connectivity index (χ0) is 91.8. The average molecular weight is 2070 g/mol. The molecule has 14 rings (SSSR count). The third kappa shape index (κ3) is 48.6. The second-order valence-electron chi connectivity index (χ2n) is 23.3. The molecule has 0 aliphatic carbocycles. The Balaban J connectivity index is -0.000000672. The van der Waals surface area contributed by atoms with E-state index in [1.807, 2.05) is 13.0 Å². The maximum absolute atomic E-state index is 8.64. The maximum atomic E-state index is 8.64. The number of hydrogen-bond donors (Lipinski definition) is 6. The third-order valence-electron chi connectivity index (χ3n) is 13.6. The molecular weight excluding hydrogens is 1990 g/mol. The number of ether oxygens (including phenoxy) is 1. The van der Waals surface area contributed by atoms with E-state index in [4.69, 9.17) is 200 Å². The van der Waals surface area contributed by atoms with Crippen LogP contribution >= 0.6 is 147 Å². The van der Waals surface area contributed by atoms with Crippen LogP contribution < -0.4 is 146 Å². The summed E-state index contributed by atoms with van der Waals surface area (Å²) in [5.74, 6) is 4.64. The van der Waals surface area contributed by atoms with Gasteiger partial charge in [-0.3, -0.25) is 9.78 Å². The molecule has 11 heterocycles. The number of aliphatic hydroxyl groups excluding tert-OH is 2. The van der Waals surface area contributed by atoms with E-state index < -0.39 is 16.0 Å². The third-order valence-corrected chi connectivity index (χ3v) is 21.0. The number of carbonyl (C=O) groups excluding carboxylic acids is 3. The van der Waals surface area contributed by atoms with Crippen molar-refractivity contribution < 1.29 is 172 Å². The second kappa shape index (κ2) is 71.7. The summed E-state index contributed by atoms with van der Waals surface area (Å²) >= 11 is 69.0. The van der Waals surface area contributed by atoms with E-state index in [2.05, 4.69) is 206 Å². The Morgan fingerprint density at radius 1 is 0.543 bits per heavy atom. The van der Waals surface area contributed by atoms with Crippen LogP contribution in [0.15, 0.2) is 248 Å². The first-order chi connectivity index (χ1) is 58.9. The summed E-state index contributed by atoms with van der Waals surface area (Å²) in [5.41, 5.74) is 20.6. The molecule has 0 aliphatic rings. The van der Waals surface area contributed by atoms with Gasteiger partial charge in [-0.2, -0.15) is 9.59 Å². The van der Waals surface area contributed by atoms with E-state index in [1.54, 1.807) is 81.1 Å². The van der Waals surface area contributed by atoms with Crippen LogP contribution in [0.2, 0.25) is 80.6 Å². The van der Waals surface area contributed by atoms with Crippen molar-refractivity contribution >= 4 is 207 Å². The molecule has 31 nitrogen and oxygen atoms in total. The second-order valence-corrected chi connectivity index (χ2v) is 35.3. The molecule has 0 fully saturated rings. The van der Waals surface area contributed by atoms with Crippen LogP contribution in [-0.4, -0.2) is 123 Å². The van der Waals surface area contributed by atoms with Crippen molar-refractivity contribution in [3.8, 4) is 50.8 Å². The Morgan fingerprint density at radius 2 is 0.890 bits per heavy atom. The van der Waals surface area contributed by atoms with Crippen LogP contribution in [0.5, 0.6) is 5.75 Å². The molecule has 11 aromatic heterocycles. The number of aliphatic hydroxyl groups is 2. The number of aromatic nitrogens is 11. The molecule has 0 unspecified atom stereocenters. The van der Waals surface area contributed by atoms with Gasteiger partial charge in [-0.1, -0.05) is 297 Å². The monoisotopic (exact) mass is 2060 g/mol. The molecule has 8 N–H and O–H groups in total. The van der Waals surface area contributed by atoms with Crippen LogP contribution in [0.1, 0.15) is 48.2 Å². The zero-order valence-electron chi connectivity index (χ0n) is 68.4. The van der Waals surface area contributed by atoms with Gasteiger partial charge in [0.05, 0.1) is 49.7 Å². The number of anilines is 1. The van der Waals surface area contributed by atoms with E-state index in [0.717, 1.165) is 30.0 Å². The fourth-order valence-electron chi connectivity index (χ4n) is 8.34. The molecule has 0 amide bonds. The van der Waals surface area contributed by atoms with Crippen LogP contribution in [0, 0.1) is 0 Å². The summed E-state index contributed by atoms with van der Waals surface area (Å²) in [6.45, 7) is 11.9. The summed E-state index contributed by atoms with van der Waals surface area (Å²) in [7, 11) is 0.586. The first-order valence-electron chi connectivity index (χ1n) is 34.1. The summed E-state index contributed by atoms with van der Waals surface area (Å²) < 4.78 is 24.3. The predicted octanol–water partition coefficient (Wildman–Crippen LogP) is 15.5. The number of nitrogens with zero attached hydrogens (tertiary/aromatic N) is 15. The quantitative estimate of drug-likeness (QED) is 0.00533. The van der Waals surface area contributed by atoms with Crippen molar-refractivity contribution in [3.63, 3.8) is 0 Å². The van der Waals surface area contributed by atoms with E-state index in [1.165, 1.54) is 84.8 Å². The van der Waals surface area contributed by atoms with Gasteiger partial charge in [0.1, 0.15) is 92.4 Å². The largest absolute Gasteiger partial charge is 1.00 e. The molecule has 0 spiro atoms. The smallest absolute Gasteiger partial charge is 1.00 e. The summed E-state index contributed by atoms with van der Waals surface area (Å²) in [6.07, 6.45) is 17.3. The molecule has 3 aromatic carbocycles. The molecule has 47 heteroatoms. The standard InChI is InChI=1S/C18H15P.C11H12Cl2N2OSi.C8H4Cl2N2O.C8H4ClN5O.C8H6ClN3O.C7H7Cl2N.C6H4Cl2N2O.C6H5Cl2NO.C3H8O.CH2O3.CO2.CH4O.2CH4.2K.H3NO.H/c1-4-10-16(11-5-1)19(17-12-6-2-7-13-17)18-14-8-3-9-15-18;1-17(2,3)11-5-9(15-16-11)7-6-14-10(13)4-8(7)12;9-6-3-8(10)11-4-5(6)7-1-2-13-12-7;9-6-3-8(12-14-10)11-4-5(6)7-1-2-15-13-7;9-6-3-8(10)11-4-5(6)7-1-2-13-12-7;1-2-5-4-10-7(9)3-6(5)8;7-5-1-6(8)9-2-4(5)3-10-11;1-10-5-3-9-6(8)2-4(5)7;1-3(2)4;2-1-4-3;2-1-3;1-2;;;;;1-2;/h1-15H;4-6H,1-3H3;1-4H;1-4H;1-4H,(H2,10,11);3-4H,2H2,1H3;1-3,11H;2-3H,1H3;3-4H,1-2H3;1,3H;;2H,1H3;2*1H4;;;2H,1H2;/q;;;;;;;;;;;;;;2*+1;;-1/p-1/b;;;;;;10-3+;;;;;;;;;;;. The van der Waals surface area contributed by atoms with Crippen LogP contribution in [0.4, 0.5) is 11.6 Å². The van der Waals surface area contributed by atoms with Gasteiger partial charge in [-0.25, -0.2) is 35.8 Å². The first-order valence-corrected chi connectivity index (χ1v) is 43.5. The van der Waals surface area contributed by atoms with Crippen molar-refractivity contribution in [2.24, 2.45) is 16.2 Å². The zero-order valence-corrected chi connectivity index (χ0v) is 84.7. The molecule has 666 valence electrons. The number of carbonyl (C=O) groups is 1. The van der Waals surface area contributed by atoms with Crippen LogP contribution in [0.25, 0.3) is 55.5 Å². The van der Waals surface area contributed by atoms with E-state index >= 15 is 0 Å². The van der Waals surface area contributed by atoms with Crippen LogP contribution in [-0.2, 0) is 25.7 Å². The Bertz CT molecular complexity index is 5250. The Hall–Kier alpha value is -7.02. The molecule has 127 heavy (non-hydrogen) atoms. The molecule has 0 aliphatic heterocycles. The van der Waals surface area contributed by atoms with Crippen molar-refractivity contribution in [1.29, 1.82) is 0 Å². The van der Waals surface area contributed by atoms with Gasteiger partial charge >= 0.3 is 109 Å². The average Bonchev–Trinajstić information content (AvgIpc) is 1.52. The summed E-state index contributed by atoms with van der Waals surface area (Å²) in [5, 5.41) is 70.0. The number of methoxy groups -OCH3 is 1. The van der Waals surface area contributed by atoms with Gasteiger partial charge in [0.25, 0.3) is 6.47 Å². The van der Waals surface area contributed by atoms with Crippen molar-refractivity contribution in [2.45, 2.75) is 67.8 Å². The van der Waals surface area contributed by atoms with E-state index in [9.17, 15) is 0 Å². The van der Waals surface area contributed by atoms with Crippen LogP contribution in [0.3, 0.4) is 0 Å². The molecular formula is C80H82Cl12K2N17O14PSi. The predicted molar refractivity (Wildman–Crippen MR) is 497 cm³/mol. The number of aryl methyl sites for hydroxylation is 1. The number of benzene rings is 3. The van der Waals surface area contributed by atoms with Crippen molar-refractivity contribution in [3.05, 3.63) is 302 Å². The number of oxime groups is 1. The fourth-order valence-corrected chi connectivity index (χ4v) is 14.3. The minimum absolute atomic E-state index is 0. The van der Waals surface area contributed by atoms with Gasteiger partial charge in [0, 0.05) is 112 Å². The normalized spacial score (nSPS) is 9.47. The molecule has 0 bridgehead atoms. The van der Waals surface area contributed by atoms with Gasteiger partial charge < -0.3 is 60.8 Å². The topological polar surface area (TPSA) is 481 Å². The minimum atomic E-state index is -1.49.